The van der Waals surface area contributed by atoms with Gasteiger partial charge >= 0.3 is 5.95 Å². The molecule has 0 radical (unpaired) electrons. The van der Waals surface area contributed by atoms with Crippen LogP contribution in [0.4, 0.5) is 11.9 Å². The zero-order chi connectivity index (χ0) is 40.9. The lowest BCUT2D eigenvalue weighted by molar-refractivity contribution is -0.691. The molecule has 6 aromatic rings. The molecule has 2 amide bonds. The van der Waals surface area contributed by atoms with Gasteiger partial charge < -0.3 is 24.2 Å². The highest BCUT2D eigenvalue weighted by atomic mass is 16.5. The average Bonchev–Trinajstić information content (AvgIpc) is 4.12. The Morgan fingerprint density at radius 1 is 0.733 bits per heavy atom. The Balaban J connectivity index is 1.03. The maximum absolute atomic E-state index is 14.1. The SMILES string of the molecule is CN1CCOC[C@@H]2CCCN2c2nc3c(n[nH]c3c[n+]2Cn2cc3c(n2)C(=O)N(C)CCOC[C@H]2CCCN2c2ncc4[nH]nc(c4n2)/C=C/3)/C=C/c2cn(C)nc2C1=O. The van der Waals surface area contributed by atoms with Crippen LogP contribution in [-0.4, -0.2) is 155 Å². The molecule has 0 aliphatic carbocycles. The molecule has 10 rings (SSSR count). The number of carbonyl (C=O) groups excluding carboxylic acids is 2. The van der Waals surface area contributed by atoms with Crippen molar-refractivity contribution >= 4 is 70.1 Å². The molecule has 310 valence electrons. The number of likely N-dealkylation sites (N-methyl/N-ethyl adjacent to an activating group) is 2. The summed E-state index contributed by atoms with van der Waals surface area (Å²) >= 11 is 0. The maximum atomic E-state index is 14.1. The summed E-state index contributed by atoms with van der Waals surface area (Å²) in [6.07, 6.45) is 18.8. The molecule has 20 heteroatoms. The molecule has 2 fully saturated rings. The molecule has 2 saturated heterocycles. The van der Waals surface area contributed by atoms with E-state index in [-0.39, 0.29) is 30.6 Å². The number of hydrogen-bond acceptors (Lipinski definition) is 13. The largest absolute Gasteiger partial charge is 0.396 e. The number of ether oxygens (including phenoxy) is 2. The zero-order valence-electron chi connectivity index (χ0n) is 33.9. The van der Waals surface area contributed by atoms with Crippen LogP contribution in [0.1, 0.15) is 69.2 Å². The Labute approximate surface area is 344 Å². The molecule has 4 aliphatic rings. The van der Waals surface area contributed by atoms with Crippen LogP contribution in [0.25, 0.3) is 46.4 Å². The molecule has 20 nitrogen and oxygen atoms in total. The number of H-pyrrole nitrogens is 2. The third-order valence-corrected chi connectivity index (χ3v) is 11.8. The summed E-state index contributed by atoms with van der Waals surface area (Å²) in [7, 11) is 5.34. The predicted molar refractivity (Wildman–Crippen MR) is 221 cm³/mol. The number of nitrogens with zero attached hydrogens (tertiary/aromatic N) is 14. The van der Waals surface area contributed by atoms with Gasteiger partial charge in [0.2, 0.25) is 5.95 Å². The lowest BCUT2D eigenvalue weighted by Gasteiger charge is -2.25. The summed E-state index contributed by atoms with van der Waals surface area (Å²) in [6, 6.07) is 0.200. The summed E-state index contributed by atoms with van der Waals surface area (Å²) in [6.45, 7) is 4.44. The molecule has 2 N–H and O–H groups in total. The van der Waals surface area contributed by atoms with Crippen molar-refractivity contribution in [3.63, 3.8) is 0 Å². The monoisotopic (exact) mass is 815 g/mol. The average molecular weight is 816 g/mol. The first-order chi connectivity index (χ1) is 29.3. The number of nitrogens with one attached hydrogen (secondary N) is 2. The van der Waals surface area contributed by atoms with Gasteiger partial charge in [0, 0.05) is 64.3 Å². The van der Waals surface area contributed by atoms with E-state index in [0.29, 0.717) is 95.9 Å². The summed E-state index contributed by atoms with van der Waals surface area (Å²) < 4.78 is 17.8. The van der Waals surface area contributed by atoms with Crippen molar-refractivity contribution in [2.75, 3.05) is 76.5 Å². The van der Waals surface area contributed by atoms with Crippen LogP contribution in [0.2, 0.25) is 0 Å². The number of amides is 2. The van der Waals surface area contributed by atoms with Gasteiger partial charge in [-0.2, -0.15) is 20.4 Å². The van der Waals surface area contributed by atoms with Gasteiger partial charge in [0.15, 0.2) is 23.6 Å². The second-order valence-corrected chi connectivity index (χ2v) is 15.9. The quantitative estimate of drug-likeness (QED) is 0.240. The Morgan fingerprint density at radius 2 is 1.35 bits per heavy atom. The molecule has 0 aromatic carbocycles. The van der Waals surface area contributed by atoms with Gasteiger partial charge in [-0.15, -0.1) is 0 Å². The molecule has 0 saturated carbocycles. The predicted octanol–water partition coefficient (Wildman–Crippen LogP) is 1.83. The first-order valence-corrected chi connectivity index (χ1v) is 20.4. The molecule has 6 aromatic heterocycles. The number of aromatic nitrogens is 12. The van der Waals surface area contributed by atoms with E-state index in [2.05, 4.69) is 40.3 Å². The lowest BCUT2D eigenvalue weighted by atomic mass is 10.2. The smallest absolute Gasteiger partial charge is 0.377 e. The molecule has 60 heavy (non-hydrogen) atoms. The van der Waals surface area contributed by atoms with Crippen molar-refractivity contribution in [1.29, 1.82) is 0 Å². The normalized spacial score (nSPS) is 21.6. The van der Waals surface area contributed by atoms with Crippen molar-refractivity contribution < 1.29 is 23.6 Å². The van der Waals surface area contributed by atoms with Crippen LogP contribution in [-0.2, 0) is 23.2 Å². The highest BCUT2D eigenvalue weighted by Crippen LogP contribution is 2.28. The van der Waals surface area contributed by atoms with E-state index in [1.54, 1.807) is 46.5 Å². The third kappa shape index (κ3) is 7.04. The molecular formula is C40H47N16O4+. The number of aryl methyl sites for hydroxylation is 1. The van der Waals surface area contributed by atoms with E-state index in [0.717, 1.165) is 50.2 Å². The Hall–Kier alpha value is -6.54. The summed E-state index contributed by atoms with van der Waals surface area (Å²) in [5, 5.41) is 24.8. The molecule has 0 spiro atoms. The van der Waals surface area contributed by atoms with Gasteiger partial charge in [-0.1, -0.05) is 4.98 Å². The molecule has 10 heterocycles. The van der Waals surface area contributed by atoms with Gasteiger partial charge in [-0.3, -0.25) is 29.4 Å². The van der Waals surface area contributed by atoms with E-state index in [4.69, 9.17) is 24.5 Å². The van der Waals surface area contributed by atoms with Crippen molar-refractivity contribution in [1.82, 2.24) is 64.7 Å². The zero-order valence-corrected chi connectivity index (χ0v) is 33.9. The molecule has 0 unspecified atom stereocenters. The first kappa shape index (κ1) is 37.7. The first-order valence-electron chi connectivity index (χ1n) is 20.4. The van der Waals surface area contributed by atoms with Crippen LogP contribution in [0.3, 0.4) is 0 Å². The number of aromatic amines is 2. The van der Waals surface area contributed by atoms with Crippen LogP contribution in [0.5, 0.6) is 0 Å². The molecular weight excluding hydrogens is 769 g/mol. The van der Waals surface area contributed by atoms with E-state index in [1.165, 1.54) is 0 Å². The third-order valence-electron chi connectivity index (χ3n) is 11.8. The summed E-state index contributed by atoms with van der Waals surface area (Å²) in [4.78, 5) is 50.2. The van der Waals surface area contributed by atoms with Crippen molar-refractivity contribution in [2.24, 2.45) is 7.05 Å². The fraction of sp³-hybridized carbons (Fsp3) is 0.450. The van der Waals surface area contributed by atoms with Gasteiger partial charge in [0.05, 0.1) is 51.4 Å². The minimum Gasteiger partial charge on any atom is -0.377 e. The minimum absolute atomic E-state index is 0.0490. The fourth-order valence-electron chi connectivity index (χ4n) is 8.51. The molecule has 4 bridgehead atoms. The number of rotatable bonds is 2. The Bertz CT molecular complexity index is 2660. The molecule has 2 atom stereocenters. The van der Waals surface area contributed by atoms with Gasteiger partial charge in [-0.25, -0.2) is 19.2 Å². The van der Waals surface area contributed by atoms with E-state index in [1.807, 2.05) is 47.5 Å². The lowest BCUT2D eigenvalue weighted by Crippen LogP contribution is -2.48. The number of fused-ring (bicyclic) bond motifs is 8. The van der Waals surface area contributed by atoms with Gasteiger partial charge in [0.1, 0.15) is 34.0 Å². The Morgan fingerprint density at radius 3 is 2.07 bits per heavy atom. The van der Waals surface area contributed by atoms with Crippen molar-refractivity contribution in [2.45, 2.75) is 44.4 Å². The summed E-state index contributed by atoms with van der Waals surface area (Å²) in [5.74, 6) is 0.985. The van der Waals surface area contributed by atoms with Crippen LogP contribution in [0, 0.1) is 0 Å². The number of carbonyl (C=O) groups is 2. The van der Waals surface area contributed by atoms with Crippen molar-refractivity contribution in [3.05, 3.63) is 58.7 Å². The van der Waals surface area contributed by atoms with Crippen molar-refractivity contribution in [3.8, 4) is 0 Å². The topological polar surface area (TPSA) is 201 Å². The van der Waals surface area contributed by atoms with Crippen LogP contribution in [0.15, 0.2) is 24.8 Å². The minimum atomic E-state index is -0.221. The van der Waals surface area contributed by atoms with Crippen LogP contribution < -0.4 is 14.4 Å². The van der Waals surface area contributed by atoms with E-state index in [9.17, 15) is 9.59 Å². The number of hydrogen-bond donors (Lipinski definition) is 2. The van der Waals surface area contributed by atoms with E-state index < -0.39 is 0 Å². The summed E-state index contributed by atoms with van der Waals surface area (Å²) in [5.41, 5.74) is 6.02. The Kier molecular flexibility index (Phi) is 9.79. The second kappa shape index (κ2) is 15.6. The van der Waals surface area contributed by atoms with Gasteiger partial charge in [-0.05, 0) is 50.0 Å². The highest BCUT2D eigenvalue weighted by molar-refractivity contribution is 5.98. The van der Waals surface area contributed by atoms with Crippen LogP contribution >= 0.6 is 0 Å². The van der Waals surface area contributed by atoms with Gasteiger partial charge in [0.25, 0.3) is 11.8 Å². The second-order valence-electron chi connectivity index (χ2n) is 15.9. The maximum Gasteiger partial charge on any atom is 0.396 e. The van der Waals surface area contributed by atoms with E-state index >= 15 is 0 Å². The molecule has 4 aliphatic heterocycles. The standard InChI is InChI=1S/C40H46N16O4/c1-50-14-17-60-23-28-7-5-13-56(28)40-43-36-30(10-8-25-19-52(3)48-33(25)37(50)57)45-47-32(36)21-53(40)24-54-20-26-9-11-29-35-31(46-44-29)18-41-39(42-35)55-12-4-6-27(55)22-59-16-15-51(2)38(58)34(26)49-54/h8-11,18-21,27-28H,4-7,12-17,22-24H2,1-3H3,(H,41,42,44,46)/p+1/b10-8+,11-9+/t27-,28+/m1/s1. The number of anilines is 2. The fourth-order valence-corrected chi connectivity index (χ4v) is 8.51. The highest BCUT2D eigenvalue weighted by Gasteiger charge is 2.36.